The molecule has 2 aliphatic heterocycles. The van der Waals surface area contributed by atoms with Crippen LogP contribution in [0.15, 0.2) is 66.7 Å². The predicted octanol–water partition coefficient (Wildman–Crippen LogP) is 5.44. The van der Waals surface area contributed by atoms with Gasteiger partial charge in [-0.2, -0.15) is 0 Å². The van der Waals surface area contributed by atoms with Crippen LogP contribution in [0.2, 0.25) is 0 Å². The van der Waals surface area contributed by atoms with Crippen molar-refractivity contribution in [2.24, 2.45) is 0 Å². The van der Waals surface area contributed by atoms with Crippen molar-refractivity contribution in [2.75, 3.05) is 71.7 Å². The smallest absolute Gasteiger partial charge is 0.407 e. The van der Waals surface area contributed by atoms with E-state index in [1.165, 1.54) is 4.90 Å². The Morgan fingerprint density at radius 1 is 0.932 bits per heavy atom. The fourth-order valence-corrected chi connectivity index (χ4v) is 5.71. The summed E-state index contributed by atoms with van der Waals surface area (Å²) in [4.78, 5) is 15.6. The molecule has 44 heavy (non-hydrogen) atoms. The molecule has 2 aliphatic rings. The normalized spacial score (nSPS) is 17.9. The SMILES string of the molecule is COCCCN1CCOc2ccc(COC3CN(C(=O)O)CCC3c3ccc(OCCOc4cccc(OC)c4)cc3)cc21. The van der Waals surface area contributed by atoms with Gasteiger partial charge in [0.25, 0.3) is 0 Å². The molecule has 1 fully saturated rings. The van der Waals surface area contributed by atoms with E-state index in [0.29, 0.717) is 52.5 Å². The van der Waals surface area contributed by atoms with Gasteiger partial charge >= 0.3 is 6.09 Å². The summed E-state index contributed by atoms with van der Waals surface area (Å²) in [5.41, 5.74) is 3.19. The molecule has 10 heteroatoms. The second-order valence-corrected chi connectivity index (χ2v) is 10.9. The van der Waals surface area contributed by atoms with Gasteiger partial charge in [-0.15, -0.1) is 0 Å². The Kier molecular flexibility index (Phi) is 11.0. The van der Waals surface area contributed by atoms with Crippen LogP contribution in [0, 0.1) is 0 Å². The number of piperidine rings is 1. The highest BCUT2D eigenvalue weighted by molar-refractivity contribution is 5.65. The van der Waals surface area contributed by atoms with Gasteiger partial charge < -0.3 is 43.3 Å². The van der Waals surface area contributed by atoms with E-state index in [1.54, 1.807) is 14.2 Å². The van der Waals surface area contributed by atoms with Crippen LogP contribution in [0.25, 0.3) is 0 Å². The molecular formula is C34H42N2O8. The first-order chi connectivity index (χ1) is 21.5. The Morgan fingerprint density at radius 2 is 1.73 bits per heavy atom. The van der Waals surface area contributed by atoms with Crippen LogP contribution in [0.3, 0.4) is 0 Å². The van der Waals surface area contributed by atoms with E-state index in [0.717, 1.165) is 59.3 Å². The molecule has 10 nitrogen and oxygen atoms in total. The number of fused-ring (bicyclic) bond motifs is 1. The van der Waals surface area contributed by atoms with Crippen molar-refractivity contribution < 1.29 is 38.3 Å². The number of hydrogen-bond acceptors (Lipinski definition) is 8. The van der Waals surface area contributed by atoms with Gasteiger partial charge in [0.2, 0.25) is 0 Å². The molecule has 5 rings (SSSR count). The van der Waals surface area contributed by atoms with Crippen LogP contribution in [0.1, 0.15) is 29.9 Å². The standard InChI is InChI=1S/C34H42N2O8/c1-39-17-4-14-35-16-18-43-32-12-7-25(21-31(32)35)24-44-33-23-36(34(37)38)15-13-30(33)26-8-10-27(11-9-26)41-19-20-42-29-6-3-5-28(22-29)40-2/h3,5-12,21-22,30,33H,4,13-20,23-24H2,1-2H3,(H,37,38). The second kappa shape index (κ2) is 15.5. The van der Waals surface area contributed by atoms with Crippen LogP contribution in [-0.2, 0) is 16.1 Å². The van der Waals surface area contributed by atoms with E-state index in [2.05, 4.69) is 11.0 Å². The van der Waals surface area contributed by atoms with Crippen molar-refractivity contribution in [1.29, 1.82) is 0 Å². The molecule has 0 bridgehead atoms. The summed E-state index contributed by atoms with van der Waals surface area (Å²) < 4.78 is 34.5. The number of benzene rings is 3. The number of nitrogens with zero attached hydrogens (tertiary/aromatic N) is 2. The van der Waals surface area contributed by atoms with Crippen molar-refractivity contribution in [2.45, 2.75) is 31.5 Å². The summed E-state index contributed by atoms with van der Waals surface area (Å²) in [5, 5.41) is 9.70. The Hall–Kier alpha value is -4.15. The lowest BCUT2D eigenvalue weighted by atomic mass is 9.87. The second-order valence-electron chi connectivity index (χ2n) is 10.9. The van der Waals surface area contributed by atoms with E-state index in [-0.39, 0.29) is 12.0 Å². The molecule has 0 saturated carbocycles. The van der Waals surface area contributed by atoms with Gasteiger partial charge in [-0.25, -0.2) is 4.79 Å². The lowest BCUT2D eigenvalue weighted by Crippen LogP contribution is -2.46. The van der Waals surface area contributed by atoms with Crippen LogP contribution >= 0.6 is 0 Å². The Balaban J connectivity index is 1.19. The molecule has 3 aromatic carbocycles. The van der Waals surface area contributed by atoms with Gasteiger partial charge in [0.05, 0.1) is 38.6 Å². The Morgan fingerprint density at radius 3 is 2.50 bits per heavy atom. The third-order valence-electron chi connectivity index (χ3n) is 8.02. The molecule has 1 saturated heterocycles. The number of carbonyl (C=O) groups is 1. The Bertz CT molecular complexity index is 1350. The number of amides is 1. The molecule has 2 unspecified atom stereocenters. The summed E-state index contributed by atoms with van der Waals surface area (Å²) in [6.07, 6.45) is 0.408. The van der Waals surface area contributed by atoms with Crippen molar-refractivity contribution in [3.63, 3.8) is 0 Å². The molecule has 2 atom stereocenters. The van der Waals surface area contributed by atoms with Gasteiger partial charge in [0, 0.05) is 38.8 Å². The average Bonchev–Trinajstić information content (AvgIpc) is 3.06. The van der Waals surface area contributed by atoms with Crippen LogP contribution in [-0.4, -0.2) is 89.0 Å². The monoisotopic (exact) mass is 606 g/mol. The fraction of sp³-hybridized carbons (Fsp3) is 0.441. The van der Waals surface area contributed by atoms with Gasteiger partial charge in [-0.3, -0.25) is 0 Å². The first-order valence-corrected chi connectivity index (χ1v) is 15.1. The highest BCUT2D eigenvalue weighted by Crippen LogP contribution is 2.35. The van der Waals surface area contributed by atoms with E-state index in [4.69, 9.17) is 28.4 Å². The maximum absolute atomic E-state index is 11.8. The summed E-state index contributed by atoms with van der Waals surface area (Å²) in [6.45, 7) is 5.05. The van der Waals surface area contributed by atoms with E-state index in [1.807, 2.05) is 60.7 Å². The molecule has 0 radical (unpaired) electrons. The number of carboxylic acid groups (broad SMARTS) is 1. The minimum absolute atomic E-state index is 0.0579. The highest BCUT2D eigenvalue weighted by Gasteiger charge is 2.33. The van der Waals surface area contributed by atoms with Crippen LogP contribution < -0.4 is 23.8 Å². The number of anilines is 1. The van der Waals surface area contributed by atoms with Crippen molar-refractivity contribution >= 4 is 11.8 Å². The maximum Gasteiger partial charge on any atom is 0.407 e. The minimum atomic E-state index is -0.922. The summed E-state index contributed by atoms with van der Waals surface area (Å²) in [6, 6.07) is 21.6. The largest absolute Gasteiger partial charge is 0.497 e. The lowest BCUT2D eigenvalue weighted by molar-refractivity contribution is -0.0199. The molecular weight excluding hydrogens is 564 g/mol. The third kappa shape index (κ3) is 8.27. The fourth-order valence-electron chi connectivity index (χ4n) is 5.71. The van der Waals surface area contributed by atoms with Crippen LogP contribution in [0.5, 0.6) is 23.0 Å². The summed E-state index contributed by atoms with van der Waals surface area (Å²) in [7, 11) is 3.34. The zero-order valence-corrected chi connectivity index (χ0v) is 25.5. The van der Waals surface area contributed by atoms with Gasteiger partial charge in [-0.05, 0) is 60.4 Å². The number of methoxy groups -OCH3 is 2. The van der Waals surface area contributed by atoms with Crippen molar-refractivity contribution in [3.8, 4) is 23.0 Å². The van der Waals surface area contributed by atoms with Crippen molar-refractivity contribution in [3.05, 3.63) is 77.9 Å². The number of likely N-dealkylation sites (tertiary alicyclic amines) is 1. The first-order valence-electron chi connectivity index (χ1n) is 15.1. The van der Waals surface area contributed by atoms with Gasteiger partial charge in [0.15, 0.2) is 0 Å². The molecule has 236 valence electrons. The zero-order valence-electron chi connectivity index (χ0n) is 25.5. The van der Waals surface area contributed by atoms with Gasteiger partial charge in [-0.1, -0.05) is 24.3 Å². The third-order valence-corrected chi connectivity index (χ3v) is 8.02. The molecule has 0 aromatic heterocycles. The van der Waals surface area contributed by atoms with E-state index >= 15 is 0 Å². The summed E-state index contributed by atoms with van der Waals surface area (Å²) in [5.74, 6) is 3.15. The quantitative estimate of drug-likeness (QED) is 0.241. The van der Waals surface area contributed by atoms with E-state index in [9.17, 15) is 9.90 Å². The topological polar surface area (TPSA) is 99.2 Å². The Labute approximate surface area is 259 Å². The average molecular weight is 607 g/mol. The maximum atomic E-state index is 11.8. The molecule has 3 aromatic rings. The zero-order chi connectivity index (χ0) is 30.7. The molecule has 0 aliphatic carbocycles. The molecule has 2 heterocycles. The first kappa shape index (κ1) is 31.3. The van der Waals surface area contributed by atoms with E-state index < -0.39 is 6.09 Å². The lowest BCUT2D eigenvalue weighted by Gasteiger charge is -2.37. The molecule has 1 N–H and O–H groups in total. The summed E-state index contributed by atoms with van der Waals surface area (Å²) >= 11 is 0. The van der Waals surface area contributed by atoms with Gasteiger partial charge in [0.1, 0.15) is 42.8 Å². The van der Waals surface area contributed by atoms with Crippen LogP contribution in [0.4, 0.5) is 10.5 Å². The van der Waals surface area contributed by atoms with Crippen molar-refractivity contribution in [1.82, 2.24) is 4.90 Å². The number of rotatable bonds is 14. The minimum Gasteiger partial charge on any atom is -0.497 e. The molecule has 1 amide bonds. The highest BCUT2D eigenvalue weighted by atomic mass is 16.5. The predicted molar refractivity (Wildman–Crippen MR) is 167 cm³/mol. The number of hydrogen-bond donors (Lipinski definition) is 1. The molecule has 0 spiro atoms. The number of ether oxygens (including phenoxy) is 6.